The number of carbonyl (C=O) groups is 3. The third-order valence-corrected chi connectivity index (χ3v) is 2.94. The first-order chi connectivity index (χ1) is 9.26. The van der Waals surface area contributed by atoms with Crippen molar-refractivity contribution in [3.63, 3.8) is 0 Å². The Bertz CT molecular complexity index is 396. The Morgan fingerprint density at radius 1 is 0.950 bits per heavy atom. The van der Waals surface area contributed by atoms with Crippen molar-refractivity contribution >= 4 is 17.3 Å². The Morgan fingerprint density at radius 2 is 1.40 bits per heavy atom. The van der Waals surface area contributed by atoms with Crippen LogP contribution in [0.4, 0.5) is 0 Å². The minimum Gasteiger partial charge on any atom is -0.383 e. The predicted octanol–water partition coefficient (Wildman–Crippen LogP) is 0.852. The molecule has 0 aliphatic heterocycles. The van der Waals surface area contributed by atoms with Gasteiger partial charge in [0.05, 0.1) is 6.54 Å². The summed E-state index contributed by atoms with van der Waals surface area (Å²) in [7, 11) is 2.99. The Morgan fingerprint density at radius 3 is 1.70 bits per heavy atom. The van der Waals surface area contributed by atoms with E-state index >= 15 is 0 Å². The van der Waals surface area contributed by atoms with Crippen molar-refractivity contribution in [2.75, 3.05) is 20.8 Å². The van der Waals surface area contributed by atoms with Crippen LogP contribution in [0, 0.1) is 5.92 Å². The lowest BCUT2D eigenvalue weighted by Crippen LogP contribution is -2.33. The van der Waals surface area contributed by atoms with Crippen LogP contribution in [-0.2, 0) is 23.9 Å². The molecular weight excluding hydrogens is 262 g/mol. The zero-order chi connectivity index (χ0) is 15.9. The van der Waals surface area contributed by atoms with Gasteiger partial charge in [0.15, 0.2) is 12.1 Å². The van der Waals surface area contributed by atoms with E-state index in [1.165, 1.54) is 35.0 Å². The molecule has 0 aliphatic carbocycles. The van der Waals surface area contributed by atoms with E-state index in [-0.39, 0.29) is 22.9 Å². The molecule has 0 rings (SSSR count). The summed E-state index contributed by atoms with van der Waals surface area (Å²) >= 11 is 0. The Hall–Kier alpha value is -1.53. The van der Waals surface area contributed by atoms with Gasteiger partial charge in [0.2, 0.25) is 0 Å². The van der Waals surface area contributed by atoms with Crippen LogP contribution in [0.5, 0.6) is 0 Å². The minimum atomic E-state index is -1.02. The molecule has 0 saturated carbocycles. The molecule has 1 N–H and O–H groups in total. The number of hydrogen-bond donors (Lipinski definition) is 1. The maximum absolute atomic E-state index is 11.8. The third kappa shape index (κ3) is 5.22. The van der Waals surface area contributed by atoms with Gasteiger partial charge < -0.3 is 14.8 Å². The number of carbonyl (C=O) groups excluding carboxylic acids is 3. The van der Waals surface area contributed by atoms with Crippen LogP contribution in [-0.4, -0.2) is 44.4 Å². The van der Waals surface area contributed by atoms with Gasteiger partial charge in [-0.3, -0.25) is 14.4 Å². The first-order valence-electron chi connectivity index (χ1n) is 6.28. The summed E-state index contributed by atoms with van der Waals surface area (Å²) in [6.07, 6.45) is -0.480. The van der Waals surface area contributed by atoms with Gasteiger partial charge in [-0.2, -0.15) is 0 Å². The van der Waals surface area contributed by atoms with Gasteiger partial charge in [0.1, 0.15) is 17.5 Å². The average molecular weight is 285 g/mol. The first-order valence-corrected chi connectivity index (χ1v) is 6.28. The second kappa shape index (κ2) is 8.60. The molecule has 0 amide bonds. The van der Waals surface area contributed by atoms with Crippen molar-refractivity contribution in [3.05, 3.63) is 11.3 Å². The fourth-order valence-electron chi connectivity index (χ4n) is 1.97. The number of ether oxygens (including phenoxy) is 2. The fraction of sp³-hybridized carbons (Fsp3) is 0.643. The maximum atomic E-state index is 11.8. The molecule has 0 aromatic rings. The van der Waals surface area contributed by atoms with Crippen LogP contribution in [0.2, 0.25) is 0 Å². The van der Waals surface area contributed by atoms with Crippen molar-refractivity contribution in [3.8, 4) is 0 Å². The van der Waals surface area contributed by atoms with Gasteiger partial charge >= 0.3 is 0 Å². The molecule has 0 aliphatic rings. The predicted molar refractivity (Wildman–Crippen MR) is 74.0 cm³/mol. The SMILES string of the molecule is COC(CNC(C)=C(C(C)=O)C(C(C)=O)C(C)=O)OC. The fourth-order valence-corrected chi connectivity index (χ4v) is 1.97. The number of ketones is 3. The molecule has 0 saturated heterocycles. The minimum absolute atomic E-state index is 0.191. The highest BCUT2D eigenvalue weighted by Gasteiger charge is 2.29. The van der Waals surface area contributed by atoms with E-state index < -0.39 is 12.2 Å². The molecule has 6 heteroatoms. The van der Waals surface area contributed by atoms with Gasteiger partial charge in [-0.15, -0.1) is 0 Å². The summed E-state index contributed by atoms with van der Waals surface area (Å²) in [5.41, 5.74) is 0.669. The first kappa shape index (κ1) is 18.5. The van der Waals surface area contributed by atoms with Crippen molar-refractivity contribution in [2.24, 2.45) is 5.92 Å². The highest BCUT2D eigenvalue weighted by Crippen LogP contribution is 2.18. The molecule has 0 radical (unpaired) electrons. The van der Waals surface area contributed by atoms with Gasteiger partial charge in [-0.05, 0) is 27.7 Å². The summed E-state index contributed by atoms with van der Waals surface area (Å²) in [6, 6.07) is 0. The van der Waals surface area contributed by atoms with E-state index in [0.29, 0.717) is 12.2 Å². The van der Waals surface area contributed by atoms with Crippen LogP contribution in [0.15, 0.2) is 11.3 Å². The lowest BCUT2D eigenvalue weighted by atomic mass is 9.88. The number of methoxy groups -OCH3 is 2. The molecule has 0 spiro atoms. The van der Waals surface area contributed by atoms with E-state index in [4.69, 9.17) is 9.47 Å². The second-order valence-corrected chi connectivity index (χ2v) is 4.53. The van der Waals surface area contributed by atoms with Crippen molar-refractivity contribution in [1.29, 1.82) is 0 Å². The molecule has 20 heavy (non-hydrogen) atoms. The Kier molecular flexibility index (Phi) is 7.94. The summed E-state index contributed by atoms with van der Waals surface area (Å²) in [5, 5.41) is 2.96. The molecule has 0 fully saturated rings. The van der Waals surface area contributed by atoms with E-state index in [0.717, 1.165) is 0 Å². The highest BCUT2D eigenvalue weighted by molar-refractivity contribution is 6.12. The summed E-state index contributed by atoms with van der Waals surface area (Å²) < 4.78 is 10.0. The topological polar surface area (TPSA) is 81.7 Å². The van der Waals surface area contributed by atoms with Crippen LogP contribution in [0.1, 0.15) is 27.7 Å². The largest absolute Gasteiger partial charge is 0.383 e. The number of hydrogen-bond acceptors (Lipinski definition) is 6. The van der Waals surface area contributed by atoms with Crippen LogP contribution in [0.25, 0.3) is 0 Å². The number of Topliss-reactive ketones (excluding diaryl/α,β-unsaturated/α-hetero) is 3. The van der Waals surface area contributed by atoms with E-state index in [2.05, 4.69) is 5.32 Å². The molecule has 114 valence electrons. The molecule has 0 aromatic heterocycles. The van der Waals surface area contributed by atoms with Gasteiger partial charge in [-0.25, -0.2) is 0 Å². The highest BCUT2D eigenvalue weighted by atomic mass is 16.7. The monoisotopic (exact) mass is 285 g/mol. The van der Waals surface area contributed by atoms with Crippen molar-refractivity contribution in [1.82, 2.24) is 5.32 Å². The van der Waals surface area contributed by atoms with E-state index in [1.807, 2.05) is 0 Å². The lowest BCUT2D eigenvalue weighted by Gasteiger charge is -2.20. The smallest absolute Gasteiger partial charge is 0.173 e. The zero-order valence-corrected chi connectivity index (χ0v) is 12.9. The molecular formula is C14H23NO5. The number of allylic oxidation sites excluding steroid dienone is 2. The van der Waals surface area contributed by atoms with E-state index in [9.17, 15) is 14.4 Å². The quantitative estimate of drug-likeness (QED) is 0.384. The number of nitrogens with one attached hydrogen (secondary N) is 1. The average Bonchev–Trinajstić information content (AvgIpc) is 2.35. The normalized spacial score (nSPS) is 12.4. The molecule has 6 nitrogen and oxygen atoms in total. The third-order valence-electron chi connectivity index (χ3n) is 2.94. The number of rotatable bonds is 9. The van der Waals surface area contributed by atoms with Crippen molar-refractivity contribution < 1.29 is 23.9 Å². The second-order valence-electron chi connectivity index (χ2n) is 4.53. The maximum Gasteiger partial charge on any atom is 0.173 e. The lowest BCUT2D eigenvalue weighted by molar-refractivity contribution is -0.130. The van der Waals surface area contributed by atoms with Crippen LogP contribution in [0.3, 0.4) is 0 Å². The van der Waals surface area contributed by atoms with Gasteiger partial charge in [0.25, 0.3) is 0 Å². The van der Waals surface area contributed by atoms with E-state index in [1.54, 1.807) is 6.92 Å². The summed E-state index contributed by atoms with van der Waals surface area (Å²) in [5.74, 6) is -2.03. The summed E-state index contributed by atoms with van der Waals surface area (Å²) in [4.78, 5) is 35.0. The molecule has 0 unspecified atom stereocenters. The van der Waals surface area contributed by atoms with Crippen LogP contribution < -0.4 is 5.32 Å². The summed E-state index contributed by atoms with van der Waals surface area (Å²) in [6.45, 7) is 5.89. The molecule has 0 heterocycles. The standard InChI is InChI=1S/C14H23NO5/c1-8(15-7-12(19-5)20-6)13(9(2)16)14(10(3)17)11(4)18/h12,14-15H,7H2,1-6H3. The molecule has 0 atom stereocenters. The van der Waals surface area contributed by atoms with Gasteiger partial charge in [-0.1, -0.05) is 0 Å². The van der Waals surface area contributed by atoms with Crippen molar-refractivity contribution in [2.45, 2.75) is 34.0 Å². The zero-order valence-electron chi connectivity index (χ0n) is 12.9. The Balaban J connectivity index is 5.31. The van der Waals surface area contributed by atoms with Gasteiger partial charge in [0, 0.05) is 25.5 Å². The molecule has 0 bridgehead atoms. The Labute approximate surface area is 119 Å². The molecule has 0 aromatic carbocycles. The van der Waals surface area contributed by atoms with Crippen LogP contribution >= 0.6 is 0 Å².